The largest absolute Gasteiger partial charge is 0.451 e. The average molecular weight is 376 g/mol. The third-order valence-electron chi connectivity index (χ3n) is 2.92. The molecule has 0 saturated carbocycles. The lowest BCUT2D eigenvalue weighted by atomic mass is 10.3. The van der Waals surface area contributed by atoms with E-state index in [9.17, 15) is 4.79 Å². The summed E-state index contributed by atoms with van der Waals surface area (Å²) in [5.74, 6) is 0. The van der Waals surface area contributed by atoms with E-state index in [0.717, 1.165) is 13.1 Å². The highest BCUT2D eigenvalue weighted by atomic mass is 35.5. The summed E-state index contributed by atoms with van der Waals surface area (Å²) < 4.78 is 8.80. The Morgan fingerprint density at radius 3 is 2.83 bits per heavy atom. The number of ether oxygens (including phenoxy) is 1. The molecule has 1 aliphatic heterocycles. The van der Waals surface area contributed by atoms with Gasteiger partial charge in [-0.3, -0.25) is 4.84 Å². The first kappa shape index (κ1) is 18.4. The van der Waals surface area contributed by atoms with Crippen molar-refractivity contribution in [2.24, 2.45) is 5.16 Å². The summed E-state index contributed by atoms with van der Waals surface area (Å²) in [5, 5.41) is 5.02. The number of rotatable bonds is 4. The Labute approximate surface area is 149 Å². The molecule has 0 bridgehead atoms. The molecule has 1 fully saturated rings. The molecule has 1 aromatic carbocycles. The van der Waals surface area contributed by atoms with E-state index in [2.05, 4.69) is 5.16 Å². The van der Waals surface area contributed by atoms with Gasteiger partial charge < -0.3 is 4.74 Å². The fraction of sp³-hybridized carbons (Fsp3) is 0.429. The van der Waals surface area contributed by atoms with Crippen LogP contribution < -0.4 is 4.31 Å². The minimum Gasteiger partial charge on any atom is -0.379 e. The van der Waals surface area contributed by atoms with E-state index in [1.54, 1.807) is 31.2 Å². The van der Waals surface area contributed by atoms with Crippen molar-refractivity contribution in [3.63, 3.8) is 0 Å². The third kappa shape index (κ3) is 5.89. The number of morpholine rings is 1. The Hall–Kier alpha value is -0.930. The maximum absolute atomic E-state index is 12.4. The second kappa shape index (κ2) is 9.39. The highest BCUT2D eigenvalue weighted by Crippen LogP contribution is 2.29. The van der Waals surface area contributed by atoms with Crippen LogP contribution in [0.15, 0.2) is 29.4 Å². The minimum absolute atomic E-state index is 0.548. The second-order valence-corrected chi connectivity index (χ2v) is 7.05. The zero-order valence-corrected chi connectivity index (χ0v) is 15.3. The molecular weight excluding hydrogens is 358 g/mol. The second-order valence-electron chi connectivity index (χ2n) is 4.57. The van der Waals surface area contributed by atoms with E-state index in [-0.39, 0.29) is 0 Å². The molecule has 126 valence electrons. The van der Waals surface area contributed by atoms with Crippen molar-refractivity contribution in [2.45, 2.75) is 6.92 Å². The van der Waals surface area contributed by atoms with Gasteiger partial charge in [0.05, 0.1) is 31.0 Å². The molecule has 1 heterocycles. The Morgan fingerprint density at radius 2 is 2.17 bits per heavy atom. The van der Waals surface area contributed by atoms with Gasteiger partial charge in [0.15, 0.2) is 0 Å². The lowest BCUT2D eigenvalue weighted by molar-refractivity contribution is 0.0771. The van der Waals surface area contributed by atoms with Gasteiger partial charge in [-0.25, -0.2) is 13.4 Å². The van der Waals surface area contributed by atoms with Crippen molar-refractivity contribution in [1.82, 2.24) is 4.31 Å². The minimum atomic E-state index is -0.572. The first-order valence-corrected chi connectivity index (χ1v) is 9.29. The van der Waals surface area contributed by atoms with Crippen LogP contribution in [0.2, 0.25) is 5.02 Å². The van der Waals surface area contributed by atoms with Gasteiger partial charge >= 0.3 is 6.09 Å². The maximum Gasteiger partial charge on any atom is 0.451 e. The number of hydrogen-bond donors (Lipinski definition) is 0. The van der Waals surface area contributed by atoms with Gasteiger partial charge in [0.1, 0.15) is 5.04 Å². The normalized spacial score (nSPS) is 16.2. The van der Waals surface area contributed by atoms with Crippen LogP contribution in [0.1, 0.15) is 6.92 Å². The lowest BCUT2D eigenvalue weighted by Gasteiger charge is -2.29. The topological polar surface area (TPSA) is 54.4 Å². The molecule has 0 aromatic heterocycles. The molecule has 0 radical (unpaired) electrons. The molecule has 9 heteroatoms. The molecule has 2 rings (SSSR count). The van der Waals surface area contributed by atoms with Gasteiger partial charge in [-0.1, -0.05) is 22.8 Å². The Bertz CT molecular complexity index is 568. The summed E-state index contributed by atoms with van der Waals surface area (Å²) >= 11 is 8.72. The first-order chi connectivity index (χ1) is 11.1. The number of anilines is 1. The zero-order valence-electron chi connectivity index (χ0n) is 12.9. The van der Waals surface area contributed by atoms with E-state index in [1.165, 1.54) is 28.2 Å². The number of nitrogens with zero attached hydrogens (tertiary/aromatic N) is 3. The van der Waals surface area contributed by atoms with Crippen LogP contribution in [0, 0.1) is 0 Å². The molecule has 6 nitrogen and oxygen atoms in total. The summed E-state index contributed by atoms with van der Waals surface area (Å²) in [5.41, 5.74) is 0.635. The standard InChI is InChI=1S/C14H18ClN3O3S2/c1-11(22-2)16-21-14(19)18(13-5-3-4-12(15)10-13)23-17-6-8-20-9-7-17/h3-5,10H,6-9H2,1-2H3. The summed E-state index contributed by atoms with van der Waals surface area (Å²) in [6, 6.07) is 7.05. The quantitative estimate of drug-likeness (QED) is 0.262. The zero-order chi connectivity index (χ0) is 16.7. The van der Waals surface area contributed by atoms with Crippen LogP contribution in [0.3, 0.4) is 0 Å². The van der Waals surface area contributed by atoms with Crippen molar-refractivity contribution < 1.29 is 14.4 Å². The predicted octanol–water partition coefficient (Wildman–Crippen LogP) is 3.87. The Morgan fingerprint density at radius 1 is 1.43 bits per heavy atom. The van der Waals surface area contributed by atoms with E-state index >= 15 is 0 Å². The molecule has 0 atom stereocenters. The van der Waals surface area contributed by atoms with Gasteiger partial charge in [0.2, 0.25) is 0 Å². The van der Waals surface area contributed by atoms with Gasteiger partial charge in [-0.15, -0.1) is 11.8 Å². The smallest absolute Gasteiger partial charge is 0.379 e. The Kier molecular flexibility index (Phi) is 7.51. The van der Waals surface area contributed by atoms with E-state index < -0.39 is 6.09 Å². The lowest BCUT2D eigenvalue weighted by Crippen LogP contribution is -2.36. The summed E-state index contributed by atoms with van der Waals surface area (Å²) in [7, 11) is 0. The van der Waals surface area contributed by atoms with E-state index in [4.69, 9.17) is 21.2 Å². The molecule has 1 aliphatic rings. The van der Waals surface area contributed by atoms with Crippen molar-refractivity contribution in [3.05, 3.63) is 29.3 Å². The number of hydrogen-bond acceptors (Lipinski definition) is 7. The summed E-state index contributed by atoms with van der Waals surface area (Å²) in [6.07, 6.45) is 1.29. The maximum atomic E-state index is 12.4. The predicted molar refractivity (Wildman–Crippen MR) is 97.0 cm³/mol. The fourth-order valence-corrected chi connectivity index (χ4v) is 2.86. The molecule has 0 N–H and O–H groups in total. The van der Waals surface area contributed by atoms with Crippen LogP contribution in [0.5, 0.6) is 0 Å². The number of benzene rings is 1. The molecule has 1 aromatic rings. The van der Waals surface area contributed by atoms with Crippen LogP contribution in [0.4, 0.5) is 10.5 Å². The van der Waals surface area contributed by atoms with E-state index in [0.29, 0.717) is 29.0 Å². The molecule has 0 spiro atoms. The van der Waals surface area contributed by atoms with Crippen molar-refractivity contribution in [3.8, 4) is 0 Å². The van der Waals surface area contributed by atoms with Gasteiger partial charge in [-0.2, -0.15) is 0 Å². The van der Waals surface area contributed by atoms with Gasteiger partial charge in [0.25, 0.3) is 0 Å². The van der Waals surface area contributed by atoms with Gasteiger partial charge in [0, 0.05) is 18.1 Å². The highest BCUT2D eigenvalue weighted by Gasteiger charge is 2.24. The van der Waals surface area contributed by atoms with Crippen LogP contribution in [0.25, 0.3) is 0 Å². The highest BCUT2D eigenvalue weighted by molar-refractivity contribution is 8.13. The third-order valence-corrected chi connectivity index (χ3v) is 4.94. The monoisotopic (exact) mass is 375 g/mol. The number of thioether (sulfide) groups is 1. The van der Waals surface area contributed by atoms with Crippen LogP contribution >= 0.6 is 35.5 Å². The van der Waals surface area contributed by atoms with Crippen molar-refractivity contribution >= 4 is 52.3 Å². The average Bonchev–Trinajstić information content (AvgIpc) is 2.58. The molecule has 23 heavy (non-hydrogen) atoms. The number of carbonyl (C=O) groups is 1. The summed E-state index contributed by atoms with van der Waals surface area (Å²) in [4.78, 5) is 17.4. The van der Waals surface area contributed by atoms with Crippen LogP contribution in [-0.2, 0) is 9.57 Å². The molecule has 1 amide bonds. The van der Waals surface area contributed by atoms with Gasteiger partial charge in [-0.05, 0) is 31.4 Å². The number of halogens is 1. The molecule has 0 aliphatic carbocycles. The van der Waals surface area contributed by atoms with Crippen molar-refractivity contribution in [1.29, 1.82) is 0 Å². The van der Waals surface area contributed by atoms with E-state index in [1.807, 2.05) is 10.6 Å². The first-order valence-electron chi connectivity index (χ1n) is 6.96. The SMILES string of the molecule is CSC(C)=NOC(=O)N(SN1CCOCC1)c1cccc(Cl)c1. The number of oxime groups is 1. The molecular formula is C14H18ClN3O3S2. The van der Waals surface area contributed by atoms with Crippen molar-refractivity contribution in [2.75, 3.05) is 36.9 Å². The fourth-order valence-electron chi connectivity index (χ4n) is 1.71. The van der Waals surface area contributed by atoms with Crippen LogP contribution in [-0.4, -0.2) is 48.0 Å². The molecule has 1 saturated heterocycles. The summed E-state index contributed by atoms with van der Waals surface area (Å²) in [6.45, 7) is 4.49. The Balaban J connectivity index is 2.14. The number of carbonyl (C=O) groups excluding carboxylic acids is 1. The molecule has 0 unspecified atom stereocenters. The number of amides is 1.